The van der Waals surface area contributed by atoms with E-state index in [0.717, 1.165) is 18.2 Å². The maximum absolute atomic E-state index is 13.8. The predicted molar refractivity (Wildman–Crippen MR) is 69.0 cm³/mol. The van der Waals surface area contributed by atoms with Crippen LogP contribution in [0.3, 0.4) is 0 Å². The van der Waals surface area contributed by atoms with Crippen LogP contribution in [0, 0.1) is 11.6 Å². The van der Waals surface area contributed by atoms with E-state index in [1.165, 1.54) is 4.68 Å². The molecule has 6 heteroatoms. The number of aromatic amines is 1. The van der Waals surface area contributed by atoms with Gasteiger partial charge in [-0.3, -0.25) is 14.6 Å². The monoisotopic (exact) mass is 267 g/mol. The zero-order valence-corrected chi connectivity index (χ0v) is 10.8. The number of nitrogens with zero attached hydrogens (tertiary/aromatic N) is 1. The summed E-state index contributed by atoms with van der Waals surface area (Å²) >= 11 is 0. The highest BCUT2D eigenvalue weighted by atomic mass is 19.1. The second-order valence-corrected chi connectivity index (χ2v) is 4.31. The average Bonchev–Trinajstić information content (AvgIpc) is 2.66. The van der Waals surface area contributed by atoms with E-state index >= 15 is 0 Å². The molecule has 0 aliphatic rings. The number of benzene rings is 1. The van der Waals surface area contributed by atoms with E-state index in [-0.39, 0.29) is 11.1 Å². The van der Waals surface area contributed by atoms with Gasteiger partial charge in [0.1, 0.15) is 11.6 Å². The topological polar surface area (TPSA) is 49.8 Å². The molecular formula is C13H15F2N3O. The van der Waals surface area contributed by atoms with Gasteiger partial charge < -0.3 is 5.32 Å². The van der Waals surface area contributed by atoms with E-state index < -0.39 is 11.6 Å². The predicted octanol–water partition coefficient (Wildman–Crippen LogP) is 1.42. The summed E-state index contributed by atoms with van der Waals surface area (Å²) in [5, 5.41) is 5.70. The second-order valence-electron chi connectivity index (χ2n) is 4.31. The van der Waals surface area contributed by atoms with Crippen LogP contribution in [-0.4, -0.2) is 23.4 Å². The molecule has 19 heavy (non-hydrogen) atoms. The van der Waals surface area contributed by atoms with E-state index in [1.807, 2.05) is 0 Å². The van der Waals surface area contributed by atoms with Crippen LogP contribution in [0.4, 0.5) is 8.78 Å². The lowest BCUT2D eigenvalue weighted by Crippen LogP contribution is -2.19. The largest absolute Gasteiger partial charge is 0.319 e. The van der Waals surface area contributed by atoms with E-state index in [2.05, 4.69) is 10.4 Å². The second kappa shape index (κ2) is 5.36. The molecule has 0 bridgehead atoms. The summed E-state index contributed by atoms with van der Waals surface area (Å²) in [6.45, 7) is 0.580. The third-order valence-electron chi connectivity index (χ3n) is 2.97. The Morgan fingerprint density at radius 3 is 2.79 bits per heavy atom. The van der Waals surface area contributed by atoms with Crippen molar-refractivity contribution in [2.75, 3.05) is 13.6 Å². The number of nitrogens with one attached hydrogen (secondary N) is 2. The zero-order chi connectivity index (χ0) is 14.0. The van der Waals surface area contributed by atoms with Gasteiger partial charge in [-0.2, -0.15) is 0 Å². The highest BCUT2D eigenvalue weighted by Gasteiger charge is 2.17. The summed E-state index contributed by atoms with van der Waals surface area (Å²) < 4.78 is 28.3. The smallest absolute Gasteiger partial charge is 0.270 e. The molecule has 0 spiro atoms. The van der Waals surface area contributed by atoms with Crippen LogP contribution in [0.5, 0.6) is 0 Å². The molecule has 0 saturated carbocycles. The molecule has 2 rings (SSSR count). The van der Waals surface area contributed by atoms with Crippen molar-refractivity contribution in [1.29, 1.82) is 0 Å². The van der Waals surface area contributed by atoms with Crippen molar-refractivity contribution in [3.63, 3.8) is 0 Å². The molecule has 0 unspecified atom stereocenters. The van der Waals surface area contributed by atoms with Gasteiger partial charge in [0.05, 0.1) is 5.69 Å². The normalized spacial score (nSPS) is 10.9. The Morgan fingerprint density at radius 1 is 1.37 bits per heavy atom. The zero-order valence-electron chi connectivity index (χ0n) is 10.8. The molecule has 0 fully saturated rings. The van der Waals surface area contributed by atoms with Gasteiger partial charge in [0.15, 0.2) is 0 Å². The molecule has 4 nitrogen and oxygen atoms in total. The van der Waals surface area contributed by atoms with Crippen LogP contribution in [0.2, 0.25) is 0 Å². The van der Waals surface area contributed by atoms with Crippen LogP contribution < -0.4 is 10.9 Å². The summed E-state index contributed by atoms with van der Waals surface area (Å²) in [6, 6.07) is 3.19. The number of likely N-dealkylation sites (N-methyl/N-ethyl adjacent to an activating group) is 1. The Morgan fingerprint density at radius 2 is 2.11 bits per heavy atom. The van der Waals surface area contributed by atoms with E-state index in [4.69, 9.17) is 0 Å². The van der Waals surface area contributed by atoms with Crippen molar-refractivity contribution in [3.8, 4) is 11.3 Å². The fourth-order valence-corrected chi connectivity index (χ4v) is 1.99. The average molecular weight is 267 g/mol. The number of rotatable bonds is 4. The van der Waals surface area contributed by atoms with Gasteiger partial charge in [-0.25, -0.2) is 8.78 Å². The van der Waals surface area contributed by atoms with E-state index in [1.54, 1.807) is 14.1 Å². The lowest BCUT2D eigenvalue weighted by Gasteiger charge is -2.04. The molecule has 2 aromatic rings. The minimum absolute atomic E-state index is 0.0730. The first-order valence-corrected chi connectivity index (χ1v) is 5.92. The fourth-order valence-electron chi connectivity index (χ4n) is 1.99. The van der Waals surface area contributed by atoms with Crippen LogP contribution in [0.1, 0.15) is 5.56 Å². The first kappa shape index (κ1) is 13.5. The summed E-state index contributed by atoms with van der Waals surface area (Å²) in [7, 11) is 3.31. The van der Waals surface area contributed by atoms with Crippen molar-refractivity contribution in [1.82, 2.24) is 15.1 Å². The highest BCUT2D eigenvalue weighted by molar-refractivity contribution is 5.63. The molecule has 1 heterocycles. The van der Waals surface area contributed by atoms with Gasteiger partial charge >= 0.3 is 0 Å². The summed E-state index contributed by atoms with van der Waals surface area (Å²) in [6.07, 6.45) is 0.442. The quantitative estimate of drug-likeness (QED) is 0.880. The third-order valence-corrected chi connectivity index (χ3v) is 2.97. The molecule has 0 saturated heterocycles. The van der Waals surface area contributed by atoms with Crippen molar-refractivity contribution < 1.29 is 8.78 Å². The van der Waals surface area contributed by atoms with E-state index in [9.17, 15) is 13.6 Å². The minimum atomic E-state index is -0.561. The fraction of sp³-hybridized carbons (Fsp3) is 0.308. The Bertz CT molecular complexity index is 646. The number of aromatic nitrogens is 2. The first-order valence-electron chi connectivity index (χ1n) is 5.92. The van der Waals surface area contributed by atoms with Gasteiger partial charge in [-0.05, 0) is 38.2 Å². The van der Waals surface area contributed by atoms with Crippen LogP contribution in [0.15, 0.2) is 23.0 Å². The Kier molecular flexibility index (Phi) is 3.80. The molecule has 2 N–H and O–H groups in total. The number of hydrogen-bond acceptors (Lipinski definition) is 2. The van der Waals surface area contributed by atoms with Crippen LogP contribution >= 0.6 is 0 Å². The van der Waals surface area contributed by atoms with Crippen molar-refractivity contribution in [2.24, 2.45) is 7.05 Å². The van der Waals surface area contributed by atoms with Gasteiger partial charge in [0.25, 0.3) is 5.56 Å². The molecule has 0 aliphatic carbocycles. The SMILES string of the molecule is CNCCc1c(-c2cc(F)ccc2F)[nH]n(C)c1=O. The number of hydrogen-bond donors (Lipinski definition) is 2. The molecule has 102 valence electrons. The molecule has 0 aliphatic heterocycles. The molecule has 0 atom stereocenters. The molecule has 1 aromatic heterocycles. The maximum Gasteiger partial charge on any atom is 0.270 e. The number of aryl methyl sites for hydroxylation is 1. The maximum atomic E-state index is 13.8. The molecule has 0 radical (unpaired) electrons. The Labute approximate surface area is 109 Å². The van der Waals surface area contributed by atoms with E-state index in [0.29, 0.717) is 24.2 Å². The van der Waals surface area contributed by atoms with Gasteiger partial charge in [-0.1, -0.05) is 0 Å². The summed E-state index contributed by atoms with van der Waals surface area (Å²) in [5.74, 6) is -1.10. The van der Waals surface area contributed by atoms with Crippen LogP contribution in [0.25, 0.3) is 11.3 Å². The van der Waals surface area contributed by atoms with Gasteiger partial charge in [0.2, 0.25) is 0 Å². The van der Waals surface area contributed by atoms with Crippen molar-refractivity contribution >= 4 is 0 Å². The lowest BCUT2D eigenvalue weighted by atomic mass is 10.1. The number of H-pyrrole nitrogens is 1. The third kappa shape index (κ3) is 2.58. The lowest BCUT2D eigenvalue weighted by molar-refractivity contribution is 0.602. The van der Waals surface area contributed by atoms with Gasteiger partial charge in [0, 0.05) is 18.2 Å². The summed E-state index contributed by atoms with van der Waals surface area (Å²) in [4.78, 5) is 12.0. The first-order chi connectivity index (χ1) is 9.04. The Balaban J connectivity index is 2.58. The van der Waals surface area contributed by atoms with Crippen molar-refractivity contribution in [3.05, 3.63) is 45.8 Å². The molecule has 0 amide bonds. The molecule has 1 aromatic carbocycles. The standard InChI is InChI=1S/C13H15F2N3O/c1-16-6-5-9-12(17-18(2)13(9)19)10-7-8(14)3-4-11(10)15/h3-4,7,16-17H,5-6H2,1-2H3. The van der Waals surface area contributed by atoms with Crippen molar-refractivity contribution in [2.45, 2.75) is 6.42 Å². The number of halogens is 2. The highest BCUT2D eigenvalue weighted by Crippen LogP contribution is 2.24. The minimum Gasteiger partial charge on any atom is -0.319 e. The van der Waals surface area contributed by atoms with Crippen LogP contribution in [-0.2, 0) is 13.5 Å². The van der Waals surface area contributed by atoms with Gasteiger partial charge in [-0.15, -0.1) is 0 Å². The molecular weight excluding hydrogens is 252 g/mol. The Hall–Kier alpha value is -1.95. The summed E-state index contributed by atoms with van der Waals surface area (Å²) in [5.41, 5.74) is 0.624.